The van der Waals surface area contributed by atoms with Crippen LogP contribution < -0.4 is 15.2 Å². The molecule has 1 aromatic heterocycles. The molecule has 26 heavy (non-hydrogen) atoms. The molecule has 0 aliphatic rings. The molecule has 5 heteroatoms. The first-order valence-corrected chi connectivity index (χ1v) is 9.06. The zero-order chi connectivity index (χ0) is 18.7. The van der Waals surface area contributed by atoms with Crippen LogP contribution in [0.5, 0.6) is 17.4 Å². The molecule has 0 bridgehead atoms. The minimum atomic E-state index is -0.00874. The molecule has 2 aromatic carbocycles. The van der Waals surface area contributed by atoms with E-state index in [4.69, 9.17) is 26.8 Å². The van der Waals surface area contributed by atoms with Gasteiger partial charge in [0.1, 0.15) is 11.5 Å². The van der Waals surface area contributed by atoms with Crippen LogP contribution in [-0.2, 0) is 0 Å². The van der Waals surface area contributed by atoms with E-state index >= 15 is 0 Å². The van der Waals surface area contributed by atoms with Crippen molar-refractivity contribution in [1.82, 2.24) is 4.98 Å². The largest absolute Gasteiger partial charge is 0.493 e. The van der Waals surface area contributed by atoms with Crippen molar-refractivity contribution >= 4 is 22.5 Å². The molecule has 1 heterocycles. The minimum absolute atomic E-state index is 0.00874. The van der Waals surface area contributed by atoms with Crippen LogP contribution in [0.4, 0.5) is 0 Å². The lowest BCUT2D eigenvalue weighted by atomic mass is 10.1. The Balaban J connectivity index is 1.79. The van der Waals surface area contributed by atoms with E-state index in [9.17, 15) is 0 Å². The number of halogens is 1. The molecular weight excluding hydrogens is 348 g/mol. The molecule has 136 valence electrons. The van der Waals surface area contributed by atoms with Crippen molar-refractivity contribution < 1.29 is 9.47 Å². The SMILES string of the molecule is CC(C)COc1ccc(Oc2ccc3cc(C(C)N)ccc3n2)c(Cl)c1. The van der Waals surface area contributed by atoms with Crippen LogP contribution in [0.15, 0.2) is 48.5 Å². The van der Waals surface area contributed by atoms with E-state index in [1.54, 1.807) is 12.1 Å². The molecule has 1 atom stereocenters. The summed E-state index contributed by atoms with van der Waals surface area (Å²) in [7, 11) is 0. The predicted molar refractivity (Wildman–Crippen MR) is 106 cm³/mol. The Labute approximate surface area is 158 Å². The van der Waals surface area contributed by atoms with E-state index in [0.29, 0.717) is 29.2 Å². The number of benzene rings is 2. The number of hydrogen-bond donors (Lipinski definition) is 1. The van der Waals surface area contributed by atoms with Gasteiger partial charge in [0.15, 0.2) is 0 Å². The van der Waals surface area contributed by atoms with Gasteiger partial charge in [-0.05, 0) is 48.7 Å². The maximum absolute atomic E-state index is 6.32. The lowest BCUT2D eigenvalue weighted by Crippen LogP contribution is -2.04. The van der Waals surface area contributed by atoms with Gasteiger partial charge in [-0.15, -0.1) is 0 Å². The second-order valence-corrected chi connectivity index (χ2v) is 7.20. The second kappa shape index (κ2) is 7.94. The molecule has 4 nitrogen and oxygen atoms in total. The normalized spacial score (nSPS) is 12.4. The number of rotatable bonds is 6. The Morgan fingerprint density at radius 2 is 1.85 bits per heavy atom. The van der Waals surface area contributed by atoms with E-state index in [0.717, 1.165) is 22.2 Å². The molecule has 3 aromatic rings. The fourth-order valence-corrected chi connectivity index (χ4v) is 2.70. The molecule has 0 spiro atoms. The van der Waals surface area contributed by atoms with E-state index < -0.39 is 0 Å². The summed E-state index contributed by atoms with van der Waals surface area (Å²) < 4.78 is 11.5. The smallest absolute Gasteiger partial charge is 0.219 e. The van der Waals surface area contributed by atoms with Crippen molar-refractivity contribution in [3.8, 4) is 17.4 Å². The summed E-state index contributed by atoms with van der Waals surface area (Å²) in [6, 6.07) is 15.2. The highest BCUT2D eigenvalue weighted by molar-refractivity contribution is 6.32. The van der Waals surface area contributed by atoms with Crippen molar-refractivity contribution in [2.75, 3.05) is 6.61 Å². The first-order valence-electron chi connectivity index (χ1n) is 8.69. The fraction of sp³-hybridized carbons (Fsp3) is 0.286. The van der Waals surface area contributed by atoms with Crippen molar-refractivity contribution in [1.29, 1.82) is 0 Å². The fourth-order valence-electron chi connectivity index (χ4n) is 2.50. The van der Waals surface area contributed by atoms with Gasteiger partial charge in [0.05, 0.1) is 17.1 Å². The number of aromatic nitrogens is 1. The van der Waals surface area contributed by atoms with Crippen LogP contribution in [0, 0.1) is 5.92 Å². The van der Waals surface area contributed by atoms with Gasteiger partial charge < -0.3 is 15.2 Å². The van der Waals surface area contributed by atoms with Crippen molar-refractivity contribution in [3.63, 3.8) is 0 Å². The van der Waals surface area contributed by atoms with Crippen LogP contribution in [0.1, 0.15) is 32.4 Å². The van der Waals surface area contributed by atoms with Gasteiger partial charge in [0, 0.05) is 23.6 Å². The van der Waals surface area contributed by atoms with Crippen LogP contribution in [0.2, 0.25) is 5.02 Å². The number of ether oxygens (including phenoxy) is 2. The third-order valence-electron chi connectivity index (χ3n) is 3.91. The average molecular weight is 371 g/mol. The maximum Gasteiger partial charge on any atom is 0.219 e. The summed E-state index contributed by atoms with van der Waals surface area (Å²) in [5.74, 6) is 2.21. The standard InChI is InChI=1S/C21H23ClN2O2/c1-13(2)12-25-17-6-8-20(18(22)11-17)26-21-9-5-16-10-15(14(3)23)4-7-19(16)24-21/h4-11,13-14H,12,23H2,1-3H3. The van der Waals surface area contributed by atoms with Gasteiger partial charge in [0.2, 0.25) is 5.88 Å². The van der Waals surface area contributed by atoms with Crippen LogP contribution in [0.3, 0.4) is 0 Å². The molecule has 0 fully saturated rings. The van der Waals surface area contributed by atoms with Gasteiger partial charge in [-0.2, -0.15) is 0 Å². The van der Waals surface area contributed by atoms with Gasteiger partial charge in [0.25, 0.3) is 0 Å². The number of nitrogens with two attached hydrogens (primary N) is 1. The molecule has 0 aliphatic heterocycles. The molecule has 0 saturated heterocycles. The Hall–Kier alpha value is -2.30. The number of fused-ring (bicyclic) bond motifs is 1. The highest BCUT2D eigenvalue weighted by atomic mass is 35.5. The van der Waals surface area contributed by atoms with Crippen molar-refractivity contribution in [2.45, 2.75) is 26.8 Å². The Morgan fingerprint density at radius 1 is 1.04 bits per heavy atom. The summed E-state index contributed by atoms with van der Waals surface area (Å²) in [6.07, 6.45) is 0. The summed E-state index contributed by atoms with van der Waals surface area (Å²) in [5, 5.41) is 1.51. The summed E-state index contributed by atoms with van der Waals surface area (Å²) in [4.78, 5) is 4.54. The van der Waals surface area contributed by atoms with E-state index in [-0.39, 0.29) is 6.04 Å². The molecule has 2 N–H and O–H groups in total. The second-order valence-electron chi connectivity index (χ2n) is 6.79. The monoisotopic (exact) mass is 370 g/mol. The Bertz CT molecular complexity index is 910. The van der Waals surface area contributed by atoms with Crippen molar-refractivity contribution in [3.05, 3.63) is 59.1 Å². The molecule has 0 radical (unpaired) electrons. The lowest BCUT2D eigenvalue weighted by molar-refractivity contribution is 0.271. The summed E-state index contributed by atoms with van der Waals surface area (Å²) >= 11 is 6.32. The Morgan fingerprint density at radius 3 is 2.54 bits per heavy atom. The average Bonchev–Trinajstić information content (AvgIpc) is 2.61. The maximum atomic E-state index is 6.32. The molecule has 1 unspecified atom stereocenters. The molecule has 0 aliphatic carbocycles. The number of pyridine rings is 1. The van der Waals surface area contributed by atoms with Gasteiger partial charge in [-0.3, -0.25) is 0 Å². The third kappa shape index (κ3) is 4.45. The Kier molecular flexibility index (Phi) is 5.64. The van der Waals surface area contributed by atoms with Crippen LogP contribution in [-0.4, -0.2) is 11.6 Å². The highest BCUT2D eigenvalue weighted by Crippen LogP contribution is 2.32. The van der Waals surface area contributed by atoms with Gasteiger partial charge >= 0.3 is 0 Å². The zero-order valence-electron chi connectivity index (χ0n) is 15.2. The van der Waals surface area contributed by atoms with Gasteiger partial charge in [-0.1, -0.05) is 31.5 Å². The summed E-state index contributed by atoms with van der Waals surface area (Å²) in [6.45, 7) is 6.80. The molecule has 3 rings (SSSR count). The number of nitrogens with zero attached hydrogens (tertiary/aromatic N) is 1. The highest BCUT2D eigenvalue weighted by Gasteiger charge is 2.08. The van der Waals surface area contributed by atoms with Crippen LogP contribution >= 0.6 is 11.6 Å². The summed E-state index contributed by atoms with van der Waals surface area (Å²) in [5.41, 5.74) is 7.86. The van der Waals surface area contributed by atoms with Crippen LogP contribution in [0.25, 0.3) is 10.9 Å². The van der Waals surface area contributed by atoms with E-state index in [1.807, 2.05) is 43.3 Å². The van der Waals surface area contributed by atoms with E-state index in [1.165, 1.54) is 0 Å². The third-order valence-corrected chi connectivity index (χ3v) is 4.21. The van der Waals surface area contributed by atoms with Crippen molar-refractivity contribution in [2.24, 2.45) is 11.7 Å². The predicted octanol–water partition coefficient (Wildman–Crippen LogP) is 5.74. The minimum Gasteiger partial charge on any atom is -0.493 e. The first-order chi connectivity index (χ1) is 12.4. The zero-order valence-corrected chi connectivity index (χ0v) is 16.0. The van der Waals surface area contributed by atoms with E-state index in [2.05, 4.69) is 18.8 Å². The topological polar surface area (TPSA) is 57.4 Å². The first kappa shape index (κ1) is 18.5. The molecule has 0 saturated carbocycles. The molecule has 0 amide bonds. The quantitative estimate of drug-likeness (QED) is 0.601. The lowest BCUT2D eigenvalue weighted by Gasteiger charge is -2.12. The number of hydrogen-bond acceptors (Lipinski definition) is 4. The molecular formula is C21H23ClN2O2. The van der Waals surface area contributed by atoms with Gasteiger partial charge in [-0.25, -0.2) is 4.98 Å².